The van der Waals surface area contributed by atoms with E-state index in [1.807, 2.05) is 24.3 Å². The zero-order valence-electron chi connectivity index (χ0n) is 19.5. The third-order valence-corrected chi connectivity index (χ3v) is 6.62. The Balaban J connectivity index is 0.00000267. The second-order valence-electron chi connectivity index (χ2n) is 8.84. The van der Waals surface area contributed by atoms with Crippen molar-refractivity contribution in [1.82, 2.24) is 4.57 Å². The fourth-order valence-corrected chi connectivity index (χ4v) is 5.00. The Labute approximate surface area is 214 Å². The van der Waals surface area contributed by atoms with Crippen molar-refractivity contribution >= 4 is 51.2 Å². The van der Waals surface area contributed by atoms with Gasteiger partial charge in [-0.3, -0.25) is 0 Å². The normalized spacial score (nSPS) is 11.2. The summed E-state index contributed by atoms with van der Waals surface area (Å²) in [5.74, 6) is -0.919. The average Bonchev–Trinajstić information content (AvgIpc) is 3.42. The molecule has 2 aromatic heterocycles. The van der Waals surface area contributed by atoms with Gasteiger partial charge in [-0.2, -0.15) is 0 Å². The van der Waals surface area contributed by atoms with Crippen LogP contribution in [0.25, 0.3) is 44.0 Å². The summed E-state index contributed by atoms with van der Waals surface area (Å²) in [6.07, 6.45) is 2.90. The zero-order chi connectivity index (χ0) is 23.9. The number of fused-ring (bicyclic) bond motifs is 4. The third-order valence-electron chi connectivity index (χ3n) is 6.62. The quantitative estimate of drug-likeness (QED) is 0.263. The Kier molecular flexibility index (Phi) is 6.27. The van der Waals surface area contributed by atoms with E-state index in [4.69, 9.17) is 10.2 Å². The number of carboxylic acid groups (broad SMARTS) is 1. The van der Waals surface area contributed by atoms with Crippen LogP contribution in [-0.4, -0.2) is 22.2 Å². The third kappa shape index (κ3) is 4.02. The van der Waals surface area contributed by atoms with Crippen LogP contribution in [0.3, 0.4) is 0 Å². The molecule has 5 nitrogen and oxygen atoms in total. The lowest BCUT2D eigenvalue weighted by Crippen LogP contribution is -2.03. The second-order valence-corrected chi connectivity index (χ2v) is 8.84. The lowest BCUT2D eigenvalue weighted by Gasteiger charge is -2.08. The number of carbonyl (C=O) groups is 1. The van der Waals surface area contributed by atoms with E-state index in [-0.39, 0.29) is 12.4 Å². The Morgan fingerprint density at radius 1 is 0.889 bits per heavy atom. The number of hydrogen-bond acceptors (Lipinski definition) is 3. The van der Waals surface area contributed by atoms with Gasteiger partial charge in [-0.1, -0.05) is 54.6 Å². The summed E-state index contributed by atoms with van der Waals surface area (Å²) < 4.78 is 8.44. The Bertz CT molecular complexity index is 1730. The minimum atomic E-state index is -0.919. The van der Waals surface area contributed by atoms with E-state index in [2.05, 4.69) is 53.2 Å². The maximum Gasteiger partial charge on any atom is 0.335 e. The monoisotopic (exact) mass is 496 g/mol. The van der Waals surface area contributed by atoms with Gasteiger partial charge in [0, 0.05) is 40.0 Å². The lowest BCUT2D eigenvalue weighted by molar-refractivity contribution is 0.0696. The number of nitrogens with zero attached hydrogens (tertiary/aromatic N) is 1. The minimum absolute atomic E-state index is 0. The van der Waals surface area contributed by atoms with Crippen LogP contribution in [0.1, 0.15) is 21.5 Å². The number of aromatic nitrogens is 1. The molecule has 4 aromatic carbocycles. The summed E-state index contributed by atoms with van der Waals surface area (Å²) in [6.45, 7) is 1.14. The fourth-order valence-electron chi connectivity index (χ4n) is 5.00. The molecule has 6 aromatic rings. The molecular formula is C30H25ClN2O3. The van der Waals surface area contributed by atoms with Crippen molar-refractivity contribution in [3.63, 3.8) is 0 Å². The second kappa shape index (κ2) is 9.53. The first-order valence-corrected chi connectivity index (χ1v) is 11.7. The molecule has 0 unspecified atom stereocenters. The number of rotatable bonds is 6. The molecule has 0 aliphatic carbocycles. The van der Waals surface area contributed by atoms with E-state index in [0.29, 0.717) is 18.7 Å². The van der Waals surface area contributed by atoms with E-state index in [1.165, 1.54) is 5.56 Å². The van der Waals surface area contributed by atoms with Crippen molar-refractivity contribution in [2.24, 2.45) is 5.73 Å². The molecule has 36 heavy (non-hydrogen) atoms. The molecule has 0 fully saturated rings. The van der Waals surface area contributed by atoms with Crippen LogP contribution in [-0.2, 0) is 13.0 Å². The van der Waals surface area contributed by atoms with Crippen molar-refractivity contribution in [3.05, 3.63) is 108 Å². The molecule has 0 saturated heterocycles. The Morgan fingerprint density at radius 2 is 1.69 bits per heavy atom. The average molecular weight is 497 g/mol. The molecule has 0 bridgehead atoms. The number of benzene rings is 4. The van der Waals surface area contributed by atoms with E-state index >= 15 is 0 Å². The highest BCUT2D eigenvalue weighted by Gasteiger charge is 2.15. The molecule has 0 atom stereocenters. The van der Waals surface area contributed by atoms with E-state index < -0.39 is 5.97 Å². The van der Waals surface area contributed by atoms with Gasteiger partial charge in [0.1, 0.15) is 11.2 Å². The standard InChI is InChI=1S/C30H24N2O3.ClH/c31-14-13-22-18-32(17-19-5-3-6-21(15-19)30(33)34)27-12-11-20(16-26(22)27)23-8-4-9-25-24-7-1-2-10-28(24)35-29(23)25;/h1-12,15-16,18H,13-14,17,31H2,(H,33,34);1H. The van der Waals surface area contributed by atoms with Gasteiger partial charge in [0.25, 0.3) is 0 Å². The van der Waals surface area contributed by atoms with Gasteiger partial charge >= 0.3 is 5.97 Å². The van der Waals surface area contributed by atoms with Gasteiger partial charge in [-0.05, 0) is 60.0 Å². The summed E-state index contributed by atoms with van der Waals surface area (Å²) in [7, 11) is 0. The van der Waals surface area contributed by atoms with Crippen LogP contribution in [0.2, 0.25) is 0 Å². The van der Waals surface area contributed by atoms with E-state index in [9.17, 15) is 9.90 Å². The zero-order valence-corrected chi connectivity index (χ0v) is 20.3. The number of aromatic carboxylic acids is 1. The number of halogens is 1. The first-order valence-electron chi connectivity index (χ1n) is 11.7. The molecule has 0 spiro atoms. The molecule has 0 amide bonds. The smallest absolute Gasteiger partial charge is 0.335 e. The van der Waals surface area contributed by atoms with Crippen molar-refractivity contribution in [2.75, 3.05) is 6.54 Å². The summed E-state index contributed by atoms with van der Waals surface area (Å²) in [5.41, 5.74) is 13.4. The van der Waals surface area contributed by atoms with Gasteiger partial charge in [0.2, 0.25) is 0 Å². The van der Waals surface area contributed by atoms with Crippen LogP contribution in [0.4, 0.5) is 0 Å². The summed E-state index contributed by atoms with van der Waals surface area (Å²) in [4.78, 5) is 11.4. The number of nitrogens with two attached hydrogens (primary N) is 1. The summed E-state index contributed by atoms with van der Waals surface area (Å²) in [6, 6.07) is 28.0. The maximum atomic E-state index is 11.4. The molecule has 0 aliphatic heterocycles. The van der Waals surface area contributed by atoms with Crippen molar-refractivity contribution in [1.29, 1.82) is 0 Å². The van der Waals surface area contributed by atoms with E-state index in [0.717, 1.165) is 56.0 Å². The highest BCUT2D eigenvalue weighted by atomic mass is 35.5. The number of carboxylic acids is 1. The molecule has 2 heterocycles. The first kappa shape index (κ1) is 23.7. The largest absolute Gasteiger partial charge is 0.478 e. The number of para-hydroxylation sites is 2. The molecule has 0 saturated carbocycles. The Hall–Kier alpha value is -4.06. The van der Waals surface area contributed by atoms with Crippen LogP contribution < -0.4 is 5.73 Å². The van der Waals surface area contributed by atoms with Gasteiger partial charge in [-0.15, -0.1) is 12.4 Å². The van der Waals surface area contributed by atoms with Crippen LogP contribution in [0.5, 0.6) is 0 Å². The van der Waals surface area contributed by atoms with Crippen molar-refractivity contribution in [3.8, 4) is 11.1 Å². The molecule has 0 radical (unpaired) electrons. The maximum absolute atomic E-state index is 11.4. The molecule has 3 N–H and O–H groups in total. The first-order chi connectivity index (χ1) is 17.1. The molecule has 180 valence electrons. The molecule has 6 heteroatoms. The highest BCUT2D eigenvalue weighted by molar-refractivity contribution is 6.10. The minimum Gasteiger partial charge on any atom is -0.478 e. The van der Waals surface area contributed by atoms with Crippen molar-refractivity contribution < 1.29 is 14.3 Å². The summed E-state index contributed by atoms with van der Waals surface area (Å²) in [5, 5.41) is 12.7. The highest BCUT2D eigenvalue weighted by Crippen LogP contribution is 2.37. The lowest BCUT2D eigenvalue weighted by atomic mass is 9.99. The fraction of sp³-hybridized carbons (Fsp3) is 0.100. The number of hydrogen-bond donors (Lipinski definition) is 2. The summed E-state index contributed by atoms with van der Waals surface area (Å²) >= 11 is 0. The van der Waals surface area contributed by atoms with Crippen molar-refractivity contribution in [2.45, 2.75) is 13.0 Å². The number of furan rings is 1. The van der Waals surface area contributed by atoms with Crippen LogP contribution in [0, 0.1) is 0 Å². The van der Waals surface area contributed by atoms with Gasteiger partial charge in [-0.25, -0.2) is 4.79 Å². The topological polar surface area (TPSA) is 81.4 Å². The Morgan fingerprint density at radius 3 is 2.53 bits per heavy atom. The van der Waals surface area contributed by atoms with Gasteiger partial charge in [0.05, 0.1) is 5.56 Å². The predicted molar refractivity (Wildman–Crippen MR) is 147 cm³/mol. The van der Waals surface area contributed by atoms with Crippen LogP contribution in [0.15, 0.2) is 95.5 Å². The predicted octanol–water partition coefficient (Wildman–Crippen LogP) is 6.88. The SMILES string of the molecule is Cl.NCCc1cn(Cc2cccc(C(=O)O)c2)c2ccc(-c3cccc4c3oc3ccccc34)cc12. The van der Waals surface area contributed by atoms with Gasteiger partial charge < -0.3 is 19.8 Å². The molecular weight excluding hydrogens is 472 g/mol. The molecule has 6 rings (SSSR count). The van der Waals surface area contributed by atoms with Crippen LogP contribution >= 0.6 is 12.4 Å². The van der Waals surface area contributed by atoms with Gasteiger partial charge in [0.15, 0.2) is 0 Å². The van der Waals surface area contributed by atoms with E-state index in [1.54, 1.807) is 18.2 Å². The molecule has 0 aliphatic rings.